The van der Waals surface area contributed by atoms with Crippen LogP contribution >= 0.6 is 47.0 Å². The lowest BCUT2D eigenvalue weighted by Crippen LogP contribution is -2.48. The van der Waals surface area contributed by atoms with E-state index in [1.54, 1.807) is 107 Å². The molecular formula is C55H34F12OS4. The van der Waals surface area contributed by atoms with Gasteiger partial charge >= 0.3 is 35.5 Å². The van der Waals surface area contributed by atoms with Crippen molar-refractivity contribution in [2.75, 3.05) is 0 Å². The molecule has 3 aromatic rings. The largest absolute Gasteiger partial charge is 0.380 e. The van der Waals surface area contributed by atoms with Crippen LogP contribution in [-0.4, -0.2) is 60.3 Å². The molecule has 368 valence electrons. The van der Waals surface area contributed by atoms with E-state index in [1.165, 1.54) is 41.2 Å². The maximum atomic E-state index is 15.8. The van der Waals surface area contributed by atoms with Crippen LogP contribution in [0.2, 0.25) is 0 Å². The maximum Gasteiger partial charge on any atom is 0.380 e. The standard InChI is InChI=1S/C55H34F12OS4/c1-46-35(21-23-69-46)42-44(52(60,61)54(64,65)50(42,56)57)37-25-40(71-48(37,46)3)30-13-9-28(10-14-30)32(18-19-34-33-8-6-5-7-27(33)17-20-39(34)68)29-11-15-31(16-12-29)41-26-38-45-43(51(58,59)55(66,67)53(45,62)63)36-22-24-70-47(36,2)49(38,4)72-41/h5-26H,1-4H3/b32-18?,34-19-. The highest BCUT2D eigenvalue weighted by Gasteiger charge is 2.85. The lowest BCUT2D eigenvalue weighted by molar-refractivity contribution is -0.258. The van der Waals surface area contributed by atoms with E-state index in [-0.39, 0.29) is 28.1 Å². The first-order chi connectivity index (χ1) is 33.6. The van der Waals surface area contributed by atoms with Crippen molar-refractivity contribution in [2.24, 2.45) is 0 Å². The van der Waals surface area contributed by atoms with Gasteiger partial charge in [-0.1, -0.05) is 97.1 Å². The molecule has 4 atom stereocenters. The average molecular weight is 1070 g/mol. The first-order valence-electron chi connectivity index (χ1n) is 22.4. The molecule has 0 amide bonds. The summed E-state index contributed by atoms with van der Waals surface area (Å²) in [6.45, 7) is 6.38. The Bertz CT molecular complexity index is 3250. The van der Waals surface area contributed by atoms with E-state index >= 15 is 52.7 Å². The molecule has 12 rings (SSSR count). The van der Waals surface area contributed by atoms with Crippen LogP contribution in [0, 0.1) is 0 Å². The van der Waals surface area contributed by atoms with Crippen molar-refractivity contribution in [3.8, 4) is 0 Å². The minimum absolute atomic E-state index is 0.261. The molecule has 1 nitrogen and oxygen atoms in total. The Morgan fingerprint density at radius 3 is 1.31 bits per heavy atom. The van der Waals surface area contributed by atoms with Crippen molar-refractivity contribution in [3.05, 3.63) is 204 Å². The van der Waals surface area contributed by atoms with E-state index in [0.717, 1.165) is 52.6 Å². The Morgan fingerprint density at radius 1 is 0.472 bits per heavy atom. The van der Waals surface area contributed by atoms with Gasteiger partial charge in [-0.15, -0.1) is 47.0 Å². The van der Waals surface area contributed by atoms with E-state index in [1.807, 2.05) is 12.1 Å². The second kappa shape index (κ2) is 14.7. The van der Waals surface area contributed by atoms with Crippen molar-refractivity contribution in [2.45, 2.75) is 82.2 Å². The molecule has 9 aliphatic rings. The van der Waals surface area contributed by atoms with Crippen LogP contribution in [0.4, 0.5) is 52.7 Å². The third-order valence-corrected chi connectivity index (χ3v) is 22.1. The van der Waals surface area contributed by atoms with Gasteiger partial charge in [0.05, 0.1) is 19.0 Å². The fourth-order valence-corrected chi connectivity index (χ4v) is 17.2. The summed E-state index contributed by atoms with van der Waals surface area (Å²) in [4.78, 5) is 14.1. The number of alkyl halides is 12. The van der Waals surface area contributed by atoms with Crippen LogP contribution in [0.25, 0.3) is 27.0 Å². The predicted molar refractivity (Wildman–Crippen MR) is 264 cm³/mol. The molecule has 4 unspecified atom stereocenters. The number of carbonyl (C=O) groups excluding carboxylic acids is 1. The average Bonchev–Trinajstić information content (AvgIpc) is 4.14. The monoisotopic (exact) mass is 1070 g/mol. The molecule has 72 heavy (non-hydrogen) atoms. The van der Waals surface area contributed by atoms with Gasteiger partial charge in [0.1, 0.15) is 0 Å². The number of hydrogen-bond donors (Lipinski definition) is 0. The Kier molecular flexibility index (Phi) is 9.77. The summed E-state index contributed by atoms with van der Waals surface area (Å²) in [6, 6.07) is 20.9. The van der Waals surface area contributed by atoms with Gasteiger partial charge < -0.3 is 0 Å². The summed E-state index contributed by atoms with van der Waals surface area (Å²) in [7, 11) is 0. The molecule has 0 radical (unpaired) electrons. The maximum absolute atomic E-state index is 15.8. The van der Waals surface area contributed by atoms with Crippen LogP contribution in [0.3, 0.4) is 0 Å². The minimum atomic E-state index is -5.68. The van der Waals surface area contributed by atoms with Crippen molar-refractivity contribution in [1.82, 2.24) is 0 Å². The van der Waals surface area contributed by atoms with Gasteiger partial charge in [0, 0.05) is 37.7 Å². The third kappa shape index (κ3) is 5.61. The zero-order valence-corrected chi connectivity index (χ0v) is 41.0. The molecule has 3 aromatic carbocycles. The molecule has 0 spiro atoms. The lowest BCUT2D eigenvalue weighted by Gasteiger charge is -2.47. The highest BCUT2D eigenvalue weighted by atomic mass is 32.2. The van der Waals surface area contributed by atoms with E-state index < -0.39 is 76.8 Å². The zero-order chi connectivity index (χ0) is 51.4. The van der Waals surface area contributed by atoms with Crippen LogP contribution < -0.4 is 0 Å². The van der Waals surface area contributed by atoms with Crippen LogP contribution in [-0.2, 0) is 4.79 Å². The fraction of sp³-hybridized carbons (Fsp3) is 0.255. The zero-order valence-electron chi connectivity index (χ0n) is 37.8. The smallest absolute Gasteiger partial charge is 0.289 e. The van der Waals surface area contributed by atoms with Gasteiger partial charge in [-0.25, -0.2) is 0 Å². The van der Waals surface area contributed by atoms with Crippen molar-refractivity contribution >= 4 is 79.9 Å². The second-order valence-corrected chi connectivity index (χ2v) is 25.0. The predicted octanol–water partition coefficient (Wildman–Crippen LogP) is 16.6. The van der Waals surface area contributed by atoms with E-state index in [4.69, 9.17) is 0 Å². The van der Waals surface area contributed by atoms with E-state index in [2.05, 4.69) is 0 Å². The number of fused-ring (bicyclic) bond motifs is 9. The van der Waals surface area contributed by atoms with Gasteiger partial charge in [-0.3, -0.25) is 4.79 Å². The van der Waals surface area contributed by atoms with Crippen molar-refractivity contribution < 1.29 is 57.5 Å². The number of rotatable bonds is 5. The normalized spacial score (nSPS) is 32.4. The molecule has 4 aliphatic heterocycles. The molecule has 0 aromatic heterocycles. The summed E-state index contributed by atoms with van der Waals surface area (Å²) in [5, 5.41) is 2.93. The van der Waals surface area contributed by atoms with E-state index in [0.29, 0.717) is 48.8 Å². The van der Waals surface area contributed by atoms with Crippen LogP contribution in [0.15, 0.2) is 171 Å². The molecule has 2 fully saturated rings. The van der Waals surface area contributed by atoms with Crippen molar-refractivity contribution in [3.63, 3.8) is 0 Å². The molecule has 4 heterocycles. The van der Waals surface area contributed by atoms with E-state index in [9.17, 15) is 4.79 Å². The number of ketones is 1. The summed E-state index contributed by atoms with van der Waals surface area (Å²) in [5.41, 5.74) is -2.00. The number of hydrogen-bond acceptors (Lipinski definition) is 5. The molecule has 17 heteroatoms. The van der Waals surface area contributed by atoms with Crippen LogP contribution in [0.1, 0.15) is 61.1 Å². The third-order valence-electron chi connectivity index (χ3n) is 15.9. The summed E-state index contributed by atoms with van der Waals surface area (Å²) in [6.07, 6.45) is 11.6. The summed E-state index contributed by atoms with van der Waals surface area (Å²) in [5.74, 6) is -32.3. The van der Waals surface area contributed by atoms with Crippen LogP contribution in [0.5, 0.6) is 0 Å². The Morgan fingerprint density at radius 2 is 0.875 bits per heavy atom. The topological polar surface area (TPSA) is 17.1 Å². The summed E-state index contributed by atoms with van der Waals surface area (Å²) < 4.78 is 180. The number of benzene rings is 3. The highest BCUT2D eigenvalue weighted by Crippen LogP contribution is 2.76. The Balaban J connectivity index is 0.947. The number of halogens is 12. The van der Waals surface area contributed by atoms with Gasteiger partial charge in [0.25, 0.3) is 0 Å². The Labute approximate surface area is 421 Å². The molecule has 5 aliphatic carbocycles. The quantitative estimate of drug-likeness (QED) is 0.187. The fourth-order valence-electron chi connectivity index (χ4n) is 11.5. The molecule has 0 bridgehead atoms. The number of allylic oxidation sites excluding steroid dienone is 12. The Hall–Kier alpha value is -4.97. The van der Waals surface area contributed by atoms with Gasteiger partial charge in [0.2, 0.25) is 0 Å². The first kappa shape index (κ1) is 48.0. The number of carbonyl (C=O) groups is 1. The van der Waals surface area contributed by atoms with Crippen molar-refractivity contribution in [1.29, 1.82) is 0 Å². The minimum Gasteiger partial charge on any atom is -0.289 e. The second-order valence-electron chi connectivity index (χ2n) is 19.4. The summed E-state index contributed by atoms with van der Waals surface area (Å²) >= 11 is 4.45. The molecule has 0 N–H and O–H groups in total. The SMILES string of the molecule is CC12SC=CC1=C1C(=C3C=C(c4ccc(C(=C/C=C5\C(=O)C=Cc6ccccc65)c5ccc(C6=CC7=C8C(=C9C=CSC9(C)C7(C)S6)C(F)(F)C(F)(F)C8(F)F)cc5)cc4)SC32C)C(F)(F)C(F)(F)C1(F)F. The molecule has 2 saturated carbocycles. The molecule has 0 saturated heterocycles. The van der Waals surface area contributed by atoms with Gasteiger partial charge in [-0.2, -0.15) is 52.7 Å². The molecular weight excluding hydrogens is 1030 g/mol. The lowest BCUT2D eigenvalue weighted by atomic mass is 9.71. The first-order valence-corrected chi connectivity index (χ1v) is 25.8. The van der Waals surface area contributed by atoms with Gasteiger partial charge in [0.15, 0.2) is 5.78 Å². The number of thioether (sulfide) groups is 4. The highest BCUT2D eigenvalue weighted by molar-refractivity contribution is 8.12. The van der Waals surface area contributed by atoms with Gasteiger partial charge in [-0.05, 0) is 124 Å².